The van der Waals surface area contributed by atoms with Crippen LogP contribution in [-0.2, 0) is 9.59 Å². The van der Waals surface area contributed by atoms with Crippen molar-refractivity contribution in [1.29, 1.82) is 0 Å². The van der Waals surface area contributed by atoms with Crippen LogP contribution in [0.3, 0.4) is 0 Å². The molecule has 1 aromatic carbocycles. The number of aliphatic imine (C=N–C) groups is 1. The van der Waals surface area contributed by atoms with Gasteiger partial charge in [0.05, 0.1) is 0 Å². The topological polar surface area (TPSA) is 85.8 Å². The van der Waals surface area contributed by atoms with Crippen LogP contribution in [0.25, 0.3) is 0 Å². The average Bonchev–Trinajstić information content (AvgIpc) is 2.54. The molecule has 0 fully saturated rings. The minimum absolute atomic E-state index is 0.0621. The summed E-state index contributed by atoms with van der Waals surface area (Å²) in [5.74, 6) is 0.351. The molecular formula is C17H26BrN5O2. The summed E-state index contributed by atoms with van der Waals surface area (Å²) in [5.41, 5.74) is 1.79. The lowest BCUT2D eigenvalue weighted by Crippen LogP contribution is -2.39. The maximum atomic E-state index is 12.1. The molecule has 138 valence electrons. The number of likely N-dealkylation sites (N-methyl/N-ethyl adjacent to an activating group) is 1. The van der Waals surface area contributed by atoms with Crippen molar-refractivity contribution in [3.63, 3.8) is 0 Å². The highest BCUT2D eigenvalue weighted by molar-refractivity contribution is 9.10. The Hall–Kier alpha value is -2.09. The number of nitrogens with zero attached hydrogens (tertiary/aromatic N) is 2. The average molecular weight is 412 g/mol. The molecular weight excluding hydrogens is 386 g/mol. The molecule has 0 saturated carbocycles. The summed E-state index contributed by atoms with van der Waals surface area (Å²) >= 11 is 3.40. The standard InChI is InChI=1S/C17H26BrN5O2/c1-5-19-17(21-11-16(25)23(3)4)20-9-8-15(24)22-14-7-6-13(18)10-12(14)2/h6-7,10H,5,8-9,11H2,1-4H3,(H,22,24)(H2,19,20,21). The molecule has 0 bridgehead atoms. The predicted octanol–water partition coefficient (Wildman–Crippen LogP) is 1.73. The molecule has 0 heterocycles. The quantitative estimate of drug-likeness (QED) is 0.471. The molecule has 2 amide bonds. The van der Waals surface area contributed by atoms with E-state index >= 15 is 0 Å². The highest BCUT2D eigenvalue weighted by Crippen LogP contribution is 2.19. The number of carbonyl (C=O) groups excluding carboxylic acids is 2. The Morgan fingerprint density at radius 3 is 2.56 bits per heavy atom. The van der Waals surface area contributed by atoms with Crippen LogP contribution in [0.1, 0.15) is 18.9 Å². The zero-order chi connectivity index (χ0) is 18.8. The smallest absolute Gasteiger partial charge is 0.243 e. The number of benzene rings is 1. The molecule has 0 radical (unpaired) electrons. The molecule has 25 heavy (non-hydrogen) atoms. The van der Waals surface area contributed by atoms with E-state index in [4.69, 9.17) is 0 Å². The van der Waals surface area contributed by atoms with Gasteiger partial charge in [-0.2, -0.15) is 0 Å². The van der Waals surface area contributed by atoms with E-state index in [1.54, 1.807) is 14.1 Å². The number of hydrogen-bond acceptors (Lipinski definition) is 3. The van der Waals surface area contributed by atoms with Crippen molar-refractivity contribution in [2.24, 2.45) is 4.99 Å². The van der Waals surface area contributed by atoms with E-state index in [1.165, 1.54) is 4.90 Å². The fourth-order valence-electron chi connectivity index (χ4n) is 1.90. The molecule has 0 aliphatic rings. The number of amides is 2. The van der Waals surface area contributed by atoms with Crippen molar-refractivity contribution in [3.05, 3.63) is 28.2 Å². The number of guanidine groups is 1. The molecule has 0 saturated heterocycles. The number of aryl methyl sites for hydroxylation is 1. The largest absolute Gasteiger partial charge is 0.357 e. The van der Waals surface area contributed by atoms with E-state index in [0.717, 1.165) is 15.7 Å². The number of carbonyl (C=O) groups is 2. The van der Waals surface area contributed by atoms with Crippen LogP contribution >= 0.6 is 15.9 Å². The minimum atomic E-state index is -0.0851. The molecule has 1 rings (SSSR count). The van der Waals surface area contributed by atoms with Crippen LogP contribution in [-0.4, -0.2) is 56.4 Å². The Kier molecular flexibility index (Phi) is 8.98. The number of anilines is 1. The van der Waals surface area contributed by atoms with Gasteiger partial charge < -0.3 is 20.9 Å². The number of hydrogen-bond donors (Lipinski definition) is 3. The Morgan fingerprint density at radius 2 is 1.96 bits per heavy atom. The first-order valence-corrected chi connectivity index (χ1v) is 8.91. The molecule has 0 atom stereocenters. The maximum Gasteiger partial charge on any atom is 0.243 e. The SMILES string of the molecule is CCNC(=NCC(=O)N(C)C)NCCC(=O)Nc1ccc(Br)cc1C. The first-order valence-electron chi connectivity index (χ1n) is 8.11. The van der Waals surface area contributed by atoms with E-state index < -0.39 is 0 Å². The molecule has 0 aromatic heterocycles. The molecule has 8 heteroatoms. The van der Waals surface area contributed by atoms with Crippen LogP contribution in [0.4, 0.5) is 5.69 Å². The van der Waals surface area contributed by atoms with Crippen molar-refractivity contribution < 1.29 is 9.59 Å². The predicted molar refractivity (Wildman–Crippen MR) is 105 cm³/mol. The fraction of sp³-hybridized carbons (Fsp3) is 0.471. The lowest BCUT2D eigenvalue weighted by Gasteiger charge is -2.13. The maximum absolute atomic E-state index is 12.1. The molecule has 0 aliphatic carbocycles. The summed E-state index contributed by atoms with van der Waals surface area (Å²) in [6.07, 6.45) is 0.293. The van der Waals surface area contributed by atoms with Gasteiger partial charge in [0.1, 0.15) is 6.54 Å². The molecule has 7 nitrogen and oxygen atoms in total. The van der Waals surface area contributed by atoms with Gasteiger partial charge in [-0.3, -0.25) is 9.59 Å². The highest BCUT2D eigenvalue weighted by Gasteiger charge is 2.07. The van der Waals surface area contributed by atoms with E-state index in [2.05, 4.69) is 36.9 Å². The zero-order valence-electron chi connectivity index (χ0n) is 15.1. The van der Waals surface area contributed by atoms with Crippen LogP contribution in [0.5, 0.6) is 0 Å². The van der Waals surface area contributed by atoms with Crippen LogP contribution in [0, 0.1) is 6.92 Å². The van der Waals surface area contributed by atoms with Crippen molar-refractivity contribution in [2.75, 3.05) is 39.0 Å². The third-order valence-electron chi connectivity index (χ3n) is 3.32. The lowest BCUT2D eigenvalue weighted by atomic mass is 10.2. The normalized spacial score (nSPS) is 11.0. The van der Waals surface area contributed by atoms with Gasteiger partial charge in [0.25, 0.3) is 0 Å². The summed E-state index contributed by atoms with van der Waals surface area (Å²) in [5, 5.41) is 8.99. The number of nitrogens with one attached hydrogen (secondary N) is 3. The second kappa shape index (κ2) is 10.7. The van der Waals surface area contributed by atoms with Crippen LogP contribution in [0.2, 0.25) is 0 Å². The Morgan fingerprint density at radius 1 is 1.24 bits per heavy atom. The molecule has 0 spiro atoms. The summed E-state index contributed by atoms with van der Waals surface area (Å²) in [6.45, 7) is 5.03. The van der Waals surface area contributed by atoms with Crippen molar-refractivity contribution >= 4 is 39.4 Å². The summed E-state index contributed by atoms with van der Waals surface area (Å²) in [7, 11) is 3.37. The van der Waals surface area contributed by atoms with Crippen molar-refractivity contribution in [3.8, 4) is 0 Å². The minimum Gasteiger partial charge on any atom is -0.357 e. The van der Waals surface area contributed by atoms with Crippen molar-refractivity contribution in [2.45, 2.75) is 20.3 Å². The second-order valence-electron chi connectivity index (χ2n) is 5.67. The fourth-order valence-corrected chi connectivity index (χ4v) is 2.38. The lowest BCUT2D eigenvalue weighted by molar-refractivity contribution is -0.127. The first-order chi connectivity index (χ1) is 11.8. The number of halogens is 1. The third-order valence-corrected chi connectivity index (χ3v) is 3.82. The zero-order valence-corrected chi connectivity index (χ0v) is 16.7. The number of rotatable bonds is 7. The van der Waals surface area contributed by atoms with Gasteiger partial charge >= 0.3 is 0 Å². The molecule has 1 aromatic rings. The van der Waals surface area contributed by atoms with E-state index in [9.17, 15) is 9.59 Å². The Bertz CT molecular complexity index is 631. The van der Waals surface area contributed by atoms with Gasteiger partial charge in [-0.25, -0.2) is 4.99 Å². The van der Waals surface area contributed by atoms with E-state index in [0.29, 0.717) is 25.5 Å². The van der Waals surface area contributed by atoms with Gasteiger partial charge in [-0.15, -0.1) is 0 Å². The summed E-state index contributed by atoms with van der Waals surface area (Å²) < 4.78 is 0.975. The molecule has 0 unspecified atom stereocenters. The molecule has 3 N–H and O–H groups in total. The summed E-state index contributed by atoms with van der Waals surface area (Å²) in [6, 6.07) is 5.70. The first kappa shape index (κ1) is 21.0. The van der Waals surface area contributed by atoms with Gasteiger partial charge in [0.2, 0.25) is 11.8 Å². The summed E-state index contributed by atoms with van der Waals surface area (Å²) in [4.78, 5) is 29.3. The third kappa shape index (κ3) is 8.02. The second-order valence-corrected chi connectivity index (χ2v) is 6.58. The Labute approximate surface area is 157 Å². The van der Waals surface area contributed by atoms with Gasteiger partial charge in [0.15, 0.2) is 5.96 Å². The molecule has 0 aliphatic heterocycles. The Balaban J connectivity index is 2.47. The van der Waals surface area contributed by atoms with Gasteiger partial charge in [-0.1, -0.05) is 15.9 Å². The van der Waals surface area contributed by atoms with E-state index in [1.807, 2.05) is 32.0 Å². The van der Waals surface area contributed by atoms with Crippen molar-refractivity contribution in [1.82, 2.24) is 15.5 Å². The van der Waals surface area contributed by atoms with Crippen LogP contribution in [0.15, 0.2) is 27.7 Å². The highest BCUT2D eigenvalue weighted by atomic mass is 79.9. The van der Waals surface area contributed by atoms with Crippen LogP contribution < -0.4 is 16.0 Å². The van der Waals surface area contributed by atoms with Gasteiger partial charge in [0, 0.05) is 43.8 Å². The van der Waals surface area contributed by atoms with E-state index in [-0.39, 0.29) is 18.4 Å². The monoisotopic (exact) mass is 411 g/mol. The van der Waals surface area contributed by atoms with Gasteiger partial charge in [-0.05, 0) is 37.6 Å².